The van der Waals surface area contributed by atoms with E-state index in [1.807, 2.05) is 6.92 Å². The van der Waals surface area contributed by atoms with Gasteiger partial charge in [-0.1, -0.05) is 28.6 Å². The van der Waals surface area contributed by atoms with Crippen molar-refractivity contribution in [3.05, 3.63) is 40.2 Å². The molecule has 0 amide bonds. The lowest BCUT2D eigenvalue weighted by molar-refractivity contribution is 1.18. The Morgan fingerprint density at radius 1 is 1.60 bits per heavy atom. The van der Waals surface area contributed by atoms with Crippen molar-refractivity contribution >= 4 is 15.9 Å². The Balaban J connectivity index is 3.89. The molecule has 0 saturated carbocycles. The van der Waals surface area contributed by atoms with Gasteiger partial charge in [-0.2, -0.15) is 0 Å². The van der Waals surface area contributed by atoms with Crippen LogP contribution >= 0.6 is 15.9 Å². The minimum absolute atomic E-state index is 0.783. The predicted octanol–water partition coefficient (Wildman–Crippen LogP) is 2.44. The van der Waals surface area contributed by atoms with Gasteiger partial charge in [-0.25, -0.2) is 0 Å². The number of allylic oxidation sites excluding steroid dienone is 4. The highest BCUT2D eigenvalue weighted by atomic mass is 79.9. The van der Waals surface area contributed by atoms with Gasteiger partial charge in [-0.3, -0.25) is 0 Å². The van der Waals surface area contributed by atoms with Crippen molar-refractivity contribution in [2.24, 2.45) is 0 Å². The largest absolute Gasteiger partial charge is 0.761 e. The average molecular weight is 203 g/mol. The van der Waals surface area contributed by atoms with E-state index in [-0.39, 0.29) is 0 Å². The molecule has 0 rings (SSSR count). The summed E-state index contributed by atoms with van der Waals surface area (Å²) in [5, 5.41) is 9.79. The number of halogens is 1. The molecule has 0 spiro atoms. The first-order valence-electron chi connectivity index (χ1n) is 2.73. The van der Waals surface area contributed by atoms with E-state index in [1.54, 1.807) is 17.6 Å². The van der Waals surface area contributed by atoms with E-state index >= 15 is 0 Å². The number of rotatable bonds is 3. The van der Waals surface area contributed by atoms with Gasteiger partial charge in [0.25, 0.3) is 0 Å². The molecule has 0 unspecified atom stereocenters. The van der Waals surface area contributed by atoms with Crippen molar-refractivity contribution in [3.8, 4) is 0 Å². The lowest BCUT2D eigenvalue weighted by Crippen LogP contribution is -1.89. The Kier molecular flexibility index (Phi) is 4.98. The fourth-order valence-corrected chi connectivity index (χ4v) is 0.495. The molecule has 0 aliphatic heterocycles. The standard InChI is InChI=1S/C7H9BrNO/c1-6(5-9-10)3-4-7(2)8/h3-5,9H,2H2,1H3/q-1. The number of hydrogen-bond donors (Lipinski definition) is 1. The van der Waals surface area contributed by atoms with Gasteiger partial charge in [0.15, 0.2) is 0 Å². The first-order valence-corrected chi connectivity index (χ1v) is 3.53. The van der Waals surface area contributed by atoms with Crippen molar-refractivity contribution < 1.29 is 0 Å². The molecule has 0 aliphatic rings. The fourth-order valence-electron chi connectivity index (χ4n) is 0.363. The monoisotopic (exact) mass is 202 g/mol. The molecule has 56 valence electrons. The highest BCUT2D eigenvalue weighted by molar-refractivity contribution is 9.11. The number of hydrogen-bond acceptors (Lipinski definition) is 2. The first kappa shape index (κ1) is 9.46. The van der Waals surface area contributed by atoms with Crippen LogP contribution in [0.4, 0.5) is 0 Å². The molecule has 0 aliphatic carbocycles. The van der Waals surface area contributed by atoms with Crippen LogP contribution < -0.4 is 5.48 Å². The molecule has 0 radical (unpaired) electrons. The Hall–Kier alpha value is -0.540. The van der Waals surface area contributed by atoms with Crippen LogP contribution in [0.5, 0.6) is 0 Å². The van der Waals surface area contributed by atoms with Crippen LogP contribution in [-0.4, -0.2) is 0 Å². The van der Waals surface area contributed by atoms with E-state index in [2.05, 4.69) is 22.5 Å². The van der Waals surface area contributed by atoms with Gasteiger partial charge in [0.1, 0.15) is 0 Å². The fraction of sp³-hybridized carbons (Fsp3) is 0.143. The first-order chi connectivity index (χ1) is 4.66. The summed E-state index contributed by atoms with van der Waals surface area (Å²) < 4.78 is 0.783. The summed E-state index contributed by atoms with van der Waals surface area (Å²) in [6.07, 6.45) is 4.91. The minimum atomic E-state index is 0.783. The molecule has 0 aromatic rings. The third-order valence-electron chi connectivity index (χ3n) is 0.814. The van der Waals surface area contributed by atoms with Crippen LogP contribution in [0.2, 0.25) is 0 Å². The number of hydroxylamine groups is 1. The van der Waals surface area contributed by atoms with Crippen LogP contribution in [-0.2, 0) is 0 Å². The van der Waals surface area contributed by atoms with Gasteiger partial charge >= 0.3 is 0 Å². The highest BCUT2D eigenvalue weighted by Gasteiger charge is 1.78. The molecule has 10 heavy (non-hydrogen) atoms. The molecule has 0 bridgehead atoms. The zero-order valence-corrected chi connectivity index (χ0v) is 7.31. The smallest absolute Gasteiger partial charge is 0.0103 e. The highest BCUT2D eigenvalue weighted by Crippen LogP contribution is 2.04. The van der Waals surface area contributed by atoms with Crippen LogP contribution in [0, 0.1) is 5.21 Å². The lowest BCUT2D eigenvalue weighted by atomic mass is 10.3. The van der Waals surface area contributed by atoms with Crippen molar-refractivity contribution in [3.63, 3.8) is 0 Å². The molecular formula is C7H9BrNO-. The van der Waals surface area contributed by atoms with Gasteiger partial charge < -0.3 is 10.7 Å². The molecule has 0 fully saturated rings. The summed E-state index contributed by atoms with van der Waals surface area (Å²) in [4.78, 5) is 0. The molecule has 0 aromatic carbocycles. The molecule has 3 heteroatoms. The maximum absolute atomic E-state index is 9.79. The molecule has 0 heterocycles. The molecule has 0 aromatic heterocycles. The van der Waals surface area contributed by atoms with E-state index in [0.717, 1.165) is 10.1 Å². The second-order valence-corrected chi connectivity index (χ2v) is 2.80. The third-order valence-corrected chi connectivity index (χ3v) is 1.08. The minimum Gasteiger partial charge on any atom is -0.761 e. The summed E-state index contributed by atoms with van der Waals surface area (Å²) in [6.45, 7) is 5.41. The van der Waals surface area contributed by atoms with Crippen molar-refractivity contribution in [2.45, 2.75) is 6.92 Å². The van der Waals surface area contributed by atoms with Crippen LogP contribution in [0.15, 0.2) is 35.0 Å². The summed E-state index contributed by atoms with van der Waals surface area (Å²) >= 11 is 3.15. The Bertz CT molecular complexity index is 172. The number of nitrogens with one attached hydrogen (secondary N) is 1. The van der Waals surface area contributed by atoms with Crippen LogP contribution in [0.1, 0.15) is 6.92 Å². The maximum atomic E-state index is 9.79. The van der Waals surface area contributed by atoms with E-state index in [0.29, 0.717) is 0 Å². The van der Waals surface area contributed by atoms with Gasteiger partial charge in [0, 0.05) is 4.48 Å². The Morgan fingerprint density at radius 2 is 2.20 bits per heavy atom. The third kappa shape index (κ3) is 5.59. The summed E-state index contributed by atoms with van der Waals surface area (Å²) in [5.74, 6) is 0. The van der Waals surface area contributed by atoms with E-state index in [9.17, 15) is 5.21 Å². The van der Waals surface area contributed by atoms with Crippen molar-refractivity contribution in [1.82, 2.24) is 5.48 Å². The van der Waals surface area contributed by atoms with Crippen LogP contribution in [0.25, 0.3) is 0 Å². The summed E-state index contributed by atoms with van der Waals surface area (Å²) in [6, 6.07) is 0. The average Bonchev–Trinajstić information content (AvgIpc) is 1.85. The van der Waals surface area contributed by atoms with Crippen molar-refractivity contribution in [2.75, 3.05) is 0 Å². The summed E-state index contributed by atoms with van der Waals surface area (Å²) in [5.41, 5.74) is 2.54. The molecule has 1 N–H and O–H groups in total. The molecular weight excluding hydrogens is 194 g/mol. The normalized spacial score (nSPS) is 12.1. The second-order valence-electron chi connectivity index (χ2n) is 1.79. The maximum Gasteiger partial charge on any atom is 0.0103 e. The second kappa shape index (κ2) is 5.26. The zero-order chi connectivity index (χ0) is 7.98. The van der Waals surface area contributed by atoms with E-state index < -0.39 is 0 Å². The zero-order valence-electron chi connectivity index (χ0n) is 5.73. The molecule has 0 atom stereocenters. The predicted molar refractivity (Wildman–Crippen MR) is 47.5 cm³/mol. The topological polar surface area (TPSA) is 35.1 Å². The van der Waals surface area contributed by atoms with Gasteiger partial charge in [0.2, 0.25) is 0 Å². The summed E-state index contributed by atoms with van der Waals surface area (Å²) in [7, 11) is 0. The van der Waals surface area contributed by atoms with Gasteiger partial charge in [0.05, 0.1) is 0 Å². The Labute approximate surface area is 69.0 Å². The molecule has 2 nitrogen and oxygen atoms in total. The van der Waals surface area contributed by atoms with E-state index in [1.165, 1.54) is 6.20 Å². The van der Waals surface area contributed by atoms with Crippen molar-refractivity contribution in [1.29, 1.82) is 0 Å². The molecule has 0 saturated heterocycles. The SMILES string of the molecule is C=C(Br)C=CC(C)=CN[O-]. The lowest BCUT2D eigenvalue weighted by Gasteiger charge is -2.00. The van der Waals surface area contributed by atoms with Gasteiger partial charge in [-0.15, -0.1) is 0 Å². The van der Waals surface area contributed by atoms with E-state index in [4.69, 9.17) is 0 Å². The Morgan fingerprint density at radius 3 is 2.60 bits per heavy atom. The quantitative estimate of drug-likeness (QED) is 0.564. The van der Waals surface area contributed by atoms with Gasteiger partial charge in [-0.05, 0) is 24.8 Å². The van der Waals surface area contributed by atoms with Crippen LogP contribution in [0.3, 0.4) is 0 Å².